The molecule has 0 fully saturated rings. The van der Waals surface area contributed by atoms with Crippen LogP contribution in [0.15, 0.2) is 12.3 Å². The number of nitrogens with one attached hydrogen (secondary N) is 1. The highest BCUT2D eigenvalue weighted by atomic mass is 19.3. The number of carboxylic acid groups (broad SMARTS) is 1. The Morgan fingerprint density at radius 1 is 1.69 bits per heavy atom. The molecule has 0 aliphatic rings. The molecule has 0 radical (unpaired) electrons. The maximum atomic E-state index is 12.3. The van der Waals surface area contributed by atoms with E-state index in [0.29, 0.717) is 0 Å². The van der Waals surface area contributed by atoms with Crippen molar-refractivity contribution in [2.45, 2.75) is 18.8 Å². The summed E-state index contributed by atoms with van der Waals surface area (Å²) in [6.45, 7) is 0. The first-order chi connectivity index (χ1) is 6.11. The van der Waals surface area contributed by atoms with Crippen LogP contribution in [0.25, 0.3) is 0 Å². The molecule has 0 bridgehead atoms. The summed E-state index contributed by atoms with van der Waals surface area (Å²) in [7, 11) is 0. The number of nitrogens with zero attached hydrogens (tertiary/aromatic N) is 1. The molecule has 1 atom stereocenters. The van der Waals surface area contributed by atoms with Crippen LogP contribution < -0.4 is 0 Å². The van der Waals surface area contributed by atoms with Gasteiger partial charge in [0.15, 0.2) is 0 Å². The van der Waals surface area contributed by atoms with Crippen molar-refractivity contribution in [1.29, 1.82) is 0 Å². The lowest BCUT2D eigenvalue weighted by Crippen LogP contribution is -2.14. The molecule has 0 saturated carbocycles. The van der Waals surface area contributed by atoms with E-state index in [9.17, 15) is 13.6 Å². The Balaban J connectivity index is 2.74. The van der Waals surface area contributed by atoms with E-state index in [2.05, 4.69) is 10.2 Å². The summed E-state index contributed by atoms with van der Waals surface area (Å²) in [6.07, 6.45) is -1.98. The fourth-order valence-corrected chi connectivity index (χ4v) is 0.996. The lowest BCUT2D eigenvalue weighted by molar-refractivity contribution is -0.138. The molecular formula is C7H8F2N2O2. The molecule has 1 aromatic heterocycles. The lowest BCUT2D eigenvalue weighted by atomic mass is 10.0. The van der Waals surface area contributed by atoms with Crippen molar-refractivity contribution in [3.8, 4) is 0 Å². The van der Waals surface area contributed by atoms with Crippen molar-refractivity contribution < 1.29 is 18.7 Å². The van der Waals surface area contributed by atoms with Crippen LogP contribution >= 0.6 is 0 Å². The van der Waals surface area contributed by atoms with Crippen molar-refractivity contribution in [3.05, 3.63) is 18.0 Å². The molecule has 6 heteroatoms. The van der Waals surface area contributed by atoms with E-state index >= 15 is 0 Å². The third-order valence-corrected chi connectivity index (χ3v) is 1.62. The van der Waals surface area contributed by atoms with Gasteiger partial charge in [-0.1, -0.05) is 0 Å². The van der Waals surface area contributed by atoms with Crippen LogP contribution in [0.4, 0.5) is 8.78 Å². The molecule has 1 unspecified atom stereocenters. The first kappa shape index (κ1) is 9.63. The monoisotopic (exact) mass is 190 g/mol. The van der Waals surface area contributed by atoms with Crippen molar-refractivity contribution in [2.75, 3.05) is 0 Å². The summed E-state index contributed by atoms with van der Waals surface area (Å²) in [4.78, 5) is 10.2. The van der Waals surface area contributed by atoms with Gasteiger partial charge in [-0.25, -0.2) is 8.78 Å². The molecule has 2 N–H and O–H groups in total. The molecule has 0 amide bonds. The number of H-pyrrole nitrogens is 1. The number of hydrogen-bond donors (Lipinski definition) is 2. The van der Waals surface area contributed by atoms with Gasteiger partial charge < -0.3 is 5.11 Å². The third-order valence-electron chi connectivity index (χ3n) is 1.62. The van der Waals surface area contributed by atoms with E-state index in [4.69, 9.17) is 5.11 Å². The number of aromatic amines is 1. The standard InChI is InChI=1S/C7H8F2N2O2/c8-7(9)4(3-6(12)13)5-1-2-10-11-5/h1-2,4,7H,3H2,(H,10,11)(H,12,13). The van der Waals surface area contributed by atoms with Crippen LogP contribution in [0.1, 0.15) is 18.0 Å². The van der Waals surface area contributed by atoms with Gasteiger partial charge in [0.1, 0.15) is 0 Å². The Morgan fingerprint density at radius 3 is 2.77 bits per heavy atom. The number of aromatic nitrogens is 2. The van der Waals surface area contributed by atoms with Gasteiger partial charge in [-0.2, -0.15) is 5.10 Å². The normalized spacial score (nSPS) is 13.2. The number of hydrogen-bond acceptors (Lipinski definition) is 2. The fourth-order valence-electron chi connectivity index (χ4n) is 0.996. The zero-order chi connectivity index (χ0) is 9.84. The molecular weight excluding hydrogens is 182 g/mol. The molecule has 0 aromatic carbocycles. The molecule has 4 nitrogen and oxygen atoms in total. The molecule has 1 heterocycles. The summed E-state index contributed by atoms with van der Waals surface area (Å²) in [6, 6.07) is 1.35. The Morgan fingerprint density at radius 2 is 2.38 bits per heavy atom. The topological polar surface area (TPSA) is 66.0 Å². The van der Waals surface area contributed by atoms with Crippen molar-refractivity contribution in [1.82, 2.24) is 10.2 Å². The zero-order valence-corrected chi connectivity index (χ0v) is 6.58. The summed E-state index contributed by atoms with van der Waals surface area (Å²) in [5.41, 5.74) is 0.150. The van der Waals surface area contributed by atoms with Crippen LogP contribution in [-0.2, 0) is 4.79 Å². The van der Waals surface area contributed by atoms with Crippen LogP contribution in [0.3, 0.4) is 0 Å². The predicted molar refractivity (Wildman–Crippen MR) is 39.6 cm³/mol. The highest BCUT2D eigenvalue weighted by Gasteiger charge is 2.26. The van der Waals surface area contributed by atoms with E-state index in [0.717, 1.165) is 0 Å². The van der Waals surface area contributed by atoms with Gasteiger partial charge in [0, 0.05) is 11.9 Å². The summed E-state index contributed by atoms with van der Waals surface area (Å²) in [5.74, 6) is -2.56. The third kappa shape index (κ3) is 2.50. The van der Waals surface area contributed by atoms with Crippen LogP contribution in [-0.4, -0.2) is 27.7 Å². The molecule has 1 rings (SSSR count). The number of carboxylic acids is 1. The van der Waals surface area contributed by atoms with Gasteiger partial charge in [0.2, 0.25) is 6.43 Å². The summed E-state index contributed by atoms with van der Waals surface area (Å²) < 4.78 is 24.6. The average molecular weight is 190 g/mol. The van der Waals surface area contributed by atoms with E-state index < -0.39 is 24.7 Å². The second kappa shape index (κ2) is 3.97. The fraction of sp³-hybridized carbons (Fsp3) is 0.429. The molecule has 13 heavy (non-hydrogen) atoms. The lowest BCUT2D eigenvalue weighted by Gasteiger charge is -2.10. The predicted octanol–water partition coefficient (Wildman–Crippen LogP) is 1.23. The second-order valence-electron chi connectivity index (χ2n) is 2.55. The Hall–Kier alpha value is -1.46. The SMILES string of the molecule is O=C(O)CC(c1ccn[nH]1)C(F)F. The molecule has 0 aliphatic heterocycles. The van der Waals surface area contributed by atoms with Gasteiger partial charge in [0.25, 0.3) is 0 Å². The highest BCUT2D eigenvalue weighted by Crippen LogP contribution is 2.24. The minimum atomic E-state index is -2.70. The van der Waals surface area contributed by atoms with Gasteiger partial charge >= 0.3 is 5.97 Å². The summed E-state index contributed by atoms with van der Waals surface area (Å²) >= 11 is 0. The zero-order valence-electron chi connectivity index (χ0n) is 6.58. The van der Waals surface area contributed by atoms with Gasteiger partial charge in [-0.15, -0.1) is 0 Å². The van der Waals surface area contributed by atoms with Gasteiger partial charge in [-0.3, -0.25) is 9.89 Å². The van der Waals surface area contributed by atoms with E-state index in [1.54, 1.807) is 0 Å². The van der Waals surface area contributed by atoms with Gasteiger partial charge in [0.05, 0.1) is 12.3 Å². The first-order valence-corrected chi connectivity index (χ1v) is 3.60. The van der Waals surface area contributed by atoms with Crippen LogP contribution in [0.5, 0.6) is 0 Å². The smallest absolute Gasteiger partial charge is 0.304 e. The maximum Gasteiger partial charge on any atom is 0.304 e. The Kier molecular flexibility index (Phi) is 2.94. The number of rotatable bonds is 4. The van der Waals surface area contributed by atoms with Crippen molar-refractivity contribution in [3.63, 3.8) is 0 Å². The van der Waals surface area contributed by atoms with Gasteiger partial charge in [-0.05, 0) is 6.07 Å². The number of halogens is 2. The van der Waals surface area contributed by atoms with Crippen molar-refractivity contribution in [2.24, 2.45) is 0 Å². The first-order valence-electron chi connectivity index (χ1n) is 3.60. The average Bonchev–Trinajstić information content (AvgIpc) is 2.50. The van der Waals surface area contributed by atoms with E-state index in [-0.39, 0.29) is 5.69 Å². The molecule has 0 aliphatic carbocycles. The van der Waals surface area contributed by atoms with Crippen molar-refractivity contribution >= 4 is 5.97 Å². The number of carbonyl (C=O) groups is 1. The maximum absolute atomic E-state index is 12.3. The molecule has 72 valence electrons. The number of alkyl halides is 2. The molecule has 0 saturated heterocycles. The van der Waals surface area contributed by atoms with E-state index in [1.165, 1.54) is 12.3 Å². The Bertz CT molecular complexity index is 274. The Labute approximate surface area is 72.6 Å². The number of aliphatic carboxylic acids is 1. The van der Waals surface area contributed by atoms with Crippen LogP contribution in [0, 0.1) is 0 Å². The minimum Gasteiger partial charge on any atom is -0.481 e. The largest absolute Gasteiger partial charge is 0.481 e. The highest BCUT2D eigenvalue weighted by molar-refractivity contribution is 5.67. The quantitative estimate of drug-likeness (QED) is 0.750. The minimum absolute atomic E-state index is 0.150. The molecule has 1 aromatic rings. The van der Waals surface area contributed by atoms with Crippen LogP contribution in [0.2, 0.25) is 0 Å². The molecule has 0 spiro atoms. The summed E-state index contributed by atoms with van der Waals surface area (Å²) in [5, 5.41) is 14.2. The second-order valence-corrected chi connectivity index (χ2v) is 2.55. The van der Waals surface area contributed by atoms with E-state index in [1.807, 2.05) is 0 Å².